The van der Waals surface area contributed by atoms with Crippen molar-refractivity contribution >= 4 is 15.9 Å². The Morgan fingerprint density at radius 2 is 2.08 bits per heavy atom. The van der Waals surface area contributed by atoms with Crippen LogP contribution < -0.4 is 15.4 Å². The first-order valence-corrected chi connectivity index (χ1v) is 9.62. The first kappa shape index (κ1) is 19.8. The number of rotatable bonds is 8. The number of ether oxygens (including phenoxy) is 2. The zero-order chi connectivity index (χ0) is 18.3. The Labute approximate surface area is 148 Å². The van der Waals surface area contributed by atoms with Crippen molar-refractivity contribution < 1.29 is 22.7 Å². The van der Waals surface area contributed by atoms with Crippen molar-refractivity contribution in [1.29, 1.82) is 0 Å². The highest BCUT2D eigenvalue weighted by molar-refractivity contribution is 7.89. The molecule has 2 atom stereocenters. The molecule has 1 aromatic carbocycles. The SMILES string of the molecule is COCCNS(=O)(=O)c1ccc(CNC(=O)[C@H]2NCCO[C@@H]2C)cc1. The highest BCUT2D eigenvalue weighted by atomic mass is 32.2. The molecule has 9 heteroatoms. The first-order chi connectivity index (χ1) is 11.9. The average molecular weight is 371 g/mol. The number of hydrogen-bond donors (Lipinski definition) is 3. The van der Waals surface area contributed by atoms with Crippen LogP contribution in [0.3, 0.4) is 0 Å². The minimum Gasteiger partial charge on any atom is -0.383 e. The average Bonchev–Trinajstić information content (AvgIpc) is 2.60. The Balaban J connectivity index is 1.88. The molecule has 1 heterocycles. The maximum Gasteiger partial charge on any atom is 0.240 e. The monoisotopic (exact) mass is 371 g/mol. The van der Waals surface area contributed by atoms with Gasteiger partial charge in [0, 0.05) is 26.7 Å². The zero-order valence-electron chi connectivity index (χ0n) is 14.4. The molecule has 3 N–H and O–H groups in total. The van der Waals surface area contributed by atoms with E-state index in [4.69, 9.17) is 9.47 Å². The number of benzene rings is 1. The van der Waals surface area contributed by atoms with Gasteiger partial charge in [0.25, 0.3) is 0 Å². The summed E-state index contributed by atoms with van der Waals surface area (Å²) in [5.74, 6) is -0.134. The first-order valence-electron chi connectivity index (χ1n) is 8.14. The van der Waals surface area contributed by atoms with Crippen molar-refractivity contribution in [3.05, 3.63) is 29.8 Å². The van der Waals surface area contributed by atoms with E-state index < -0.39 is 10.0 Å². The van der Waals surface area contributed by atoms with Gasteiger partial charge < -0.3 is 20.1 Å². The van der Waals surface area contributed by atoms with E-state index in [2.05, 4.69) is 15.4 Å². The molecule has 1 fully saturated rings. The molecule has 1 amide bonds. The van der Waals surface area contributed by atoms with Gasteiger partial charge in [0.1, 0.15) is 6.04 Å². The second kappa shape index (κ2) is 9.25. The van der Waals surface area contributed by atoms with Crippen LogP contribution in [0.4, 0.5) is 0 Å². The maximum atomic E-state index is 12.2. The fraction of sp³-hybridized carbons (Fsp3) is 0.562. The molecular weight excluding hydrogens is 346 g/mol. The predicted octanol–water partition coefficient (Wildman–Crippen LogP) is -0.396. The lowest BCUT2D eigenvalue weighted by Gasteiger charge is -2.29. The van der Waals surface area contributed by atoms with Crippen molar-refractivity contribution in [2.75, 3.05) is 33.4 Å². The van der Waals surface area contributed by atoms with Crippen LogP contribution in [-0.2, 0) is 30.8 Å². The summed E-state index contributed by atoms with van der Waals surface area (Å²) in [5, 5.41) is 5.96. The fourth-order valence-electron chi connectivity index (χ4n) is 2.47. The highest BCUT2D eigenvalue weighted by Gasteiger charge is 2.27. The number of carbonyl (C=O) groups is 1. The Bertz CT molecular complexity index is 663. The highest BCUT2D eigenvalue weighted by Crippen LogP contribution is 2.11. The number of sulfonamides is 1. The van der Waals surface area contributed by atoms with Gasteiger partial charge in [-0.3, -0.25) is 4.79 Å². The lowest BCUT2D eigenvalue weighted by molar-refractivity contribution is -0.129. The minimum absolute atomic E-state index is 0.134. The summed E-state index contributed by atoms with van der Waals surface area (Å²) < 4.78 is 36.9. The predicted molar refractivity (Wildman–Crippen MR) is 92.6 cm³/mol. The van der Waals surface area contributed by atoms with Crippen LogP contribution in [0.15, 0.2) is 29.2 Å². The molecule has 1 aliphatic rings. The lowest BCUT2D eigenvalue weighted by atomic mass is 10.1. The summed E-state index contributed by atoms with van der Waals surface area (Å²) in [5.41, 5.74) is 0.813. The Morgan fingerprint density at radius 1 is 1.36 bits per heavy atom. The second-order valence-corrected chi connectivity index (χ2v) is 7.53. The number of nitrogens with one attached hydrogen (secondary N) is 3. The standard InChI is InChI=1S/C16H25N3O5S/c1-12-15(17-7-10-24-12)16(20)18-11-13-3-5-14(6-4-13)25(21,22)19-8-9-23-2/h3-6,12,15,17,19H,7-11H2,1-2H3,(H,18,20)/t12-,15+/m1/s1. The summed E-state index contributed by atoms with van der Waals surface area (Å²) in [7, 11) is -2.04. The van der Waals surface area contributed by atoms with E-state index >= 15 is 0 Å². The topological polar surface area (TPSA) is 106 Å². The van der Waals surface area contributed by atoms with E-state index in [1.807, 2.05) is 6.92 Å². The van der Waals surface area contributed by atoms with Gasteiger partial charge in [0.15, 0.2) is 0 Å². The van der Waals surface area contributed by atoms with Crippen molar-refractivity contribution in [3.63, 3.8) is 0 Å². The van der Waals surface area contributed by atoms with E-state index in [0.717, 1.165) is 5.56 Å². The molecule has 0 spiro atoms. The Kier molecular flexibility index (Phi) is 7.33. The molecule has 0 saturated carbocycles. The van der Waals surface area contributed by atoms with Gasteiger partial charge in [-0.05, 0) is 24.6 Å². The largest absolute Gasteiger partial charge is 0.383 e. The number of methoxy groups -OCH3 is 1. The summed E-state index contributed by atoms with van der Waals surface area (Å²) in [4.78, 5) is 12.4. The summed E-state index contributed by atoms with van der Waals surface area (Å²) in [6.45, 7) is 3.93. The van der Waals surface area contributed by atoms with Crippen LogP contribution in [-0.4, -0.2) is 59.9 Å². The zero-order valence-corrected chi connectivity index (χ0v) is 15.3. The quantitative estimate of drug-likeness (QED) is 0.537. The van der Waals surface area contributed by atoms with E-state index in [-0.39, 0.29) is 29.5 Å². The number of hydrogen-bond acceptors (Lipinski definition) is 6. The van der Waals surface area contributed by atoms with E-state index in [1.54, 1.807) is 12.1 Å². The van der Waals surface area contributed by atoms with Crippen LogP contribution in [0.25, 0.3) is 0 Å². The van der Waals surface area contributed by atoms with Crippen LogP contribution in [0, 0.1) is 0 Å². The van der Waals surface area contributed by atoms with E-state index in [9.17, 15) is 13.2 Å². The molecule has 25 heavy (non-hydrogen) atoms. The second-order valence-electron chi connectivity index (χ2n) is 5.76. The molecule has 1 saturated heterocycles. The van der Waals surface area contributed by atoms with E-state index in [1.165, 1.54) is 19.2 Å². The van der Waals surface area contributed by atoms with Crippen molar-refractivity contribution in [3.8, 4) is 0 Å². The van der Waals surface area contributed by atoms with Gasteiger partial charge in [0.05, 0.1) is 24.2 Å². The molecule has 0 radical (unpaired) electrons. The van der Waals surface area contributed by atoms with Crippen LogP contribution >= 0.6 is 0 Å². The molecule has 1 aliphatic heterocycles. The summed E-state index contributed by atoms with van der Waals surface area (Å²) >= 11 is 0. The molecule has 8 nitrogen and oxygen atoms in total. The molecule has 140 valence electrons. The molecule has 2 rings (SSSR count). The van der Waals surface area contributed by atoms with Crippen LogP contribution in [0.1, 0.15) is 12.5 Å². The smallest absolute Gasteiger partial charge is 0.240 e. The van der Waals surface area contributed by atoms with Crippen molar-refractivity contribution in [1.82, 2.24) is 15.4 Å². The van der Waals surface area contributed by atoms with Crippen molar-refractivity contribution in [2.24, 2.45) is 0 Å². The summed E-state index contributed by atoms with van der Waals surface area (Å²) in [6, 6.07) is 6.01. The third kappa shape index (κ3) is 5.75. The Hall–Kier alpha value is -1.52. The maximum absolute atomic E-state index is 12.2. The number of morpholine rings is 1. The molecular formula is C16H25N3O5S. The van der Waals surface area contributed by atoms with Gasteiger partial charge in [-0.15, -0.1) is 0 Å². The molecule has 1 aromatic rings. The fourth-order valence-corrected chi connectivity index (χ4v) is 3.49. The van der Waals surface area contributed by atoms with Crippen LogP contribution in [0.2, 0.25) is 0 Å². The van der Waals surface area contributed by atoms with Crippen LogP contribution in [0.5, 0.6) is 0 Å². The lowest BCUT2D eigenvalue weighted by Crippen LogP contribution is -2.55. The third-order valence-electron chi connectivity index (χ3n) is 3.90. The van der Waals surface area contributed by atoms with Crippen molar-refractivity contribution in [2.45, 2.75) is 30.5 Å². The Morgan fingerprint density at radius 3 is 2.72 bits per heavy atom. The van der Waals surface area contributed by atoms with Gasteiger partial charge in [-0.1, -0.05) is 12.1 Å². The number of amides is 1. The molecule has 0 bridgehead atoms. The molecule has 0 aromatic heterocycles. The molecule has 0 unspecified atom stereocenters. The normalized spacial score (nSPS) is 21.0. The van der Waals surface area contributed by atoms with Gasteiger partial charge in [-0.25, -0.2) is 13.1 Å². The van der Waals surface area contributed by atoms with Gasteiger partial charge in [0.2, 0.25) is 15.9 Å². The number of carbonyl (C=O) groups excluding carboxylic acids is 1. The van der Waals surface area contributed by atoms with Gasteiger partial charge in [-0.2, -0.15) is 0 Å². The van der Waals surface area contributed by atoms with Gasteiger partial charge >= 0.3 is 0 Å². The molecule has 0 aliphatic carbocycles. The van der Waals surface area contributed by atoms with E-state index in [0.29, 0.717) is 26.3 Å². The third-order valence-corrected chi connectivity index (χ3v) is 5.37. The minimum atomic E-state index is -3.55. The summed E-state index contributed by atoms with van der Waals surface area (Å²) in [6.07, 6.45) is -0.181.